The zero-order valence-electron chi connectivity index (χ0n) is 12.2. The molecule has 5 nitrogen and oxygen atoms in total. The fraction of sp³-hybridized carbons (Fsp3) is 0.235. The van der Waals surface area contributed by atoms with Gasteiger partial charge in [0.1, 0.15) is 12.7 Å². The molecule has 2 aromatic carbocycles. The number of Topliss-reactive ketones (excluding diaryl/α,β-unsaturated/α-hetero) is 1. The molecule has 2 N–H and O–H groups in total. The number of carbonyl (C=O) groups is 1. The SMILES string of the molecule is COc1cc(C(O)C(=O)c2ccccc2)ccc1OCCO. The normalized spacial score (nSPS) is 11.8. The Morgan fingerprint density at radius 2 is 1.86 bits per heavy atom. The first-order valence-corrected chi connectivity index (χ1v) is 6.86. The Hall–Kier alpha value is -2.37. The van der Waals surface area contributed by atoms with Crippen LogP contribution in [0.4, 0.5) is 0 Å². The molecule has 0 spiro atoms. The van der Waals surface area contributed by atoms with Crippen LogP contribution < -0.4 is 9.47 Å². The summed E-state index contributed by atoms with van der Waals surface area (Å²) < 4.78 is 10.5. The number of hydrogen-bond acceptors (Lipinski definition) is 5. The zero-order valence-corrected chi connectivity index (χ0v) is 12.2. The summed E-state index contributed by atoms with van der Waals surface area (Å²) in [4.78, 5) is 12.2. The molecule has 0 fully saturated rings. The van der Waals surface area contributed by atoms with Gasteiger partial charge in [-0.2, -0.15) is 0 Å². The summed E-state index contributed by atoms with van der Waals surface area (Å²) in [7, 11) is 1.47. The number of ether oxygens (including phenoxy) is 2. The molecule has 0 aliphatic heterocycles. The Bertz CT molecular complexity index is 624. The van der Waals surface area contributed by atoms with E-state index in [4.69, 9.17) is 14.6 Å². The van der Waals surface area contributed by atoms with Gasteiger partial charge in [-0.15, -0.1) is 0 Å². The van der Waals surface area contributed by atoms with E-state index in [0.717, 1.165) is 0 Å². The highest BCUT2D eigenvalue weighted by Gasteiger charge is 2.20. The predicted molar refractivity (Wildman–Crippen MR) is 81.3 cm³/mol. The molecule has 0 aromatic heterocycles. The molecule has 1 unspecified atom stereocenters. The maximum atomic E-state index is 12.2. The summed E-state index contributed by atoms with van der Waals surface area (Å²) in [5.41, 5.74) is 0.858. The maximum absolute atomic E-state index is 12.2. The van der Waals surface area contributed by atoms with Gasteiger partial charge in [0.15, 0.2) is 17.3 Å². The molecule has 2 aromatic rings. The van der Waals surface area contributed by atoms with Crippen molar-refractivity contribution in [1.29, 1.82) is 0 Å². The molecular formula is C17H18O5. The number of aliphatic hydroxyl groups excluding tert-OH is 2. The first kappa shape index (κ1) is 16.0. The lowest BCUT2D eigenvalue weighted by Crippen LogP contribution is -2.12. The van der Waals surface area contributed by atoms with Crippen LogP contribution in [-0.2, 0) is 0 Å². The number of aliphatic hydroxyl groups is 2. The van der Waals surface area contributed by atoms with E-state index < -0.39 is 6.10 Å². The van der Waals surface area contributed by atoms with Gasteiger partial charge in [0.05, 0.1) is 13.7 Å². The van der Waals surface area contributed by atoms with Crippen molar-refractivity contribution in [2.24, 2.45) is 0 Å². The summed E-state index contributed by atoms with van der Waals surface area (Å²) in [6, 6.07) is 13.4. The second-order valence-electron chi connectivity index (χ2n) is 4.62. The van der Waals surface area contributed by atoms with Crippen molar-refractivity contribution in [1.82, 2.24) is 0 Å². The quantitative estimate of drug-likeness (QED) is 0.765. The minimum atomic E-state index is -1.27. The number of ketones is 1. The molecule has 0 aliphatic carbocycles. The van der Waals surface area contributed by atoms with Gasteiger partial charge in [-0.25, -0.2) is 0 Å². The maximum Gasteiger partial charge on any atom is 0.195 e. The number of hydrogen-bond donors (Lipinski definition) is 2. The van der Waals surface area contributed by atoms with Crippen LogP contribution in [0.5, 0.6) is 11.5 Å². The molecule has 0 bridgehead atoms. The lowest BCUT2D eigenvalue weighted by molar-refractivity contribution is 0.0747. The summed E-state index contributed by atoms with van der Waals surface area (Å²) in [5, 5.41) is 19.0. The Labute approximate surface area is 128 Å². The average Bonchev–Trinajstić information content (AvgIpc) is 2.59. The van der Waals surface area contributed by atoms with Gasteiger partial charge in [0.25, 0.3) is 0 Å². The third-order valence-corrected chi connectivity index (χ3v) is 3.16. The van der Waals surface area contributed by atoms with Crippen LogP contribution in [0.2, 0.25) is 0 Å². The monoisotopic (exact) mass is 302 g/mol. The highest BCUT2D eigenvalue weighted by atomic mass is 16.5. The van der Waals surface area contributed by atoms with Crippen molar-refractivity contribution >= 4 is 5.78 Å². The summed E-state index contributed by atoms with van der Waals surface area (Å²) >= 11 is 0. The molecule has 1 atom stereocenters. The minimum absolute atomic E-state index is 0.111. The van der Waals surface area contributed by atoms with E-state index in [0.29, 0.717) is 22.6 Å². The van der Waals surface area contributed by atoms with Crippen molar-refractivity contribution in [3.63, 3.8) is 0 Å². The largest absolute Gasteiger partial charge is 0.493 e. The van der Waals surface area contributed by atoms with E-state index in [2.05, 4.69) is 0 Å². The molecule has 0 aliphatic rings. The van der Waals surface area contributed by atoms with Crippen LogP contribution in [0, 0.1) is 0 Å². The molecule has 5 heteroatoms. The van der Waals surface area contributed by atoms with E-state index >= 15 is 0 Å². The summed E-state index contributed by atoms with van der Waals surface area (Å²) in [5.74, 6) is 0.456. The third-order valence-electron chi connectivity index (χ3n) is 3.16. The third kappa shape index (κ3) is 3.63. The van der Waals surface area contributed by atoms with Gasteiger partial charge in [-0.1, -0.05) is 36.4 Å². The number of rotatable bonds is 7. The van der Waals surface area contributed by atoms with Gasteiger partial charge in [0, 0.05) is 5.56 Å². The smallest absolute Gasteiger partial charge is 0.195 e. The van der Waals surface area contributed by atoms with Crippen LogP contribution >= 0.6 is 0 Å². The molecule has 0 saturated heterocycles. The van der Waals surface area contributed by atoms with Crippen LogP contribution in [-0.4, -0.2) is 36.3 Å². The lowest BCUT2D eigenvalue weighted by Gasteiger charge is -2.14. The second-order valence-corrected chi connectivity index (χ2v) is 4.62. The van der Waals surface area contributed by atoms with Crippen molar-refractivity contribution in [2.45, 2.75) is 6.10 Å². The van der Waals surface area contributed by atoms with E-state index in [1.165, 1.54) is 7.11 Å². The number of benzene rings is 2. The van der Waals surface area contributed by atoms with Crippen LogP contribution in [0.15, 0.2) is 48.5 Å². The molecule has 2 rings (SSSR count). The fourth-order valence-electron chi connectivity index (χ4n) is 2.04. The van der Waals surface area contributed by atoms with Crippen molar-refractivity contribution < 1.29 is 24.5 Å². The van der Waals surface area contributed by atoms with Crippen LogP contribution in [0.3, 0.4) is 0 Å². The van der Waals surface area contributed by atoms with Crippen molar-refractivity contribution in [2.75, 3.05) is 20.3 Å². The van der Waals surface area contributed by atoms with E-state index in [1.807, 2.05) is 0 Å². The van der Waals surface area contributed by atoms with E-state index in [1.54, 1.807) is 48.5 Å². The first-order valence-electron chi connectivity index (χ1n) is 6.86. The van der Waals surface area contributed by atoms with Gasteiger partial charge in [0.2, 0.25) is 0 Å². The second kappa shape index (κ2) is 7.59. The Morgan fingerprint density at radius 1 is 1.14 bits per heavy atom. The lowest BCUT2D eigenvalue weighted by atomic mass is 10.00. The van der Waals surface area contributed by atoms with E-state index in [9.17, 15) is 9.90 Å². The fourth-order valence-corrected chi connectivity index (χ4v) is 2.04. The topological polar surface area (TPSA) is 76.0 Å². The summed E-state index contributed by atoms with van der Waals surface area (Å²) in [6.45, 7) is 0.0290. The highest BCUT2D eigenvalue weighted by molar-refractivity contribution is 5.99. The van der Waals surface area contributed by atoms with Gasteiger partial charge < -0.3 is 19.7 Å². The summed E-state index contributed by atoms with van der Waals surface area (Å²) in [6.07, 6.45) is -1.27. The van der Waals surface area contributed by atoms with Crippen LogP contribution in [0.1, 0.15) is 22.0 Å². The minimum Gasteiger partial charge on any atom is -0.493 e. The standard InChI is InChI=1S/C17H18O5/c1-21-15-11-13(7-8-14(15)22-10-9-18)17(20)16(19)12-5-3-2-4-6-12/h2-8,11,17-18,20H,9-10H2,1H3. The molecule has 0 amide bonds. The average molecular weight is 302 g/mol. The predicted octanol–water partition coefficient (Wildman–Crippen LogP) is 1.98. The van der Waals surface area contributed by atoms with Crippen LogP contribution in [0.25, 0.3) is 0 Å². The zero-order chi connectivity index (χ0) is 15.9. The van der Waals surface area contributed by atoms with Gasteiger partial charge in [-0.3, -0.25) is 4.79 Å². The number of carbonyl (C=O) groups excluding carboxylic acids is 1. The Morgan fingerprint density at radius 3 is 2.50 bits per heavy atom. The molecular weight excluding hydrogens is 284 g/mol. The van der Waals surface area contributed by atoms with Gasteiger partial charge >= 0.3 is 0 Å². The van der Waals surface area contributed by atoms with E-state index in [-0.39, 0.29) is 19.0 Å². The number of methoxy groups -OCH3 is 1. The molecule has 22 heavy (non-hydrogen) atoms. The Balaban J connectivity index is 2.23. The van der Waals surface area contributed by atoms with Crippen molar-refractivity contribution in [3.8, 4) is 11.5 Å². The van der Waals surface area contributed by atoms with Gasteiger partial charge in [-0.05, 0) is 17.7 Å². The van der Waals surface area contributed by atoms with Crippen molar-refractivity contribution in [3.05, 3.63) is 59.7 Å². The molecule has 0 saturated carbocycles. The highest BCUT2D eigenvalue weighted by Crippen LogP contribution is 2.31. The molecule has 0 radical (unpaired) electrons. The molecule has 116 valence electrons. The first-order chi connectivity index (χ1) is 10.7. The Kier molecular flexibility index (Phi) is 5.52. The molecule has 0 heterocycles.